The van der Waals surface area contributed by atoms with Crippen molar-refractivity contribution in [3.63, 3.8) is 0 Å². The molecule has 0 bridgehead atoms. The summed E-state index contributed by atoms with van der Waals surface area (Å²) in [7, 11) is 0. The number of aromatic hydroxyl groups is 1. The molecule has 1 heterocycles. The molecule has 88 valence electrons. The molecule has 1 fully saturated rings. The lowest BCUT2D eigenvalue weighted by Crippen LogP contribution is -1.91. The monoisotopic (exact) mass is 230 g/mol. The quantitative estimate of drug-likeness (QED) is 0.861. The van der Waals surface area contributed by atoms with Gasteiger partial charge in [-0.15, -0.1) is 0 Å². The third kappa shape index (κ3) is 2.02. The molecule has 0 atom stereocenters. The Labute approximate surface area is 99.3 Å². The van der Waals surface area contributed by atoms with E-state index in [2.05, 4.69) is 10.1 Å². The third-order valence-electron chi connectivity index (χ3n) is 3.27. The fraction of sp³-hybridized carbons (Fsp3) is 0.385. The van der Waals surface area contributed by atoms with Crippen molar-refractivity contribution in [2.24, 2.45) is 0 Å². The summed E-state index contributed by atoms with van der Waals surface area (Å²) in [5.41, 5.74) is 0.871. The second-order valence-corrected chi connectivity index (χ2v) is 4.48. The highest BCUT2D eigenvalue weighted by molar-refractivity contribution is 5.55. The molecule has 1 aliphatic carbocycles. The Morgan fingerprint density at radius 1 is 1.12 bits per heavy atom. The van der Waals surface area contributed by atoms with Crippen LogP contribution in [0.15, 0.2) is 28.8 Å². The van der Waals surface area contributed by atoms with Gasteiger partial charge in [-0.1, -0.05) is 18.0 Å². The number of nitrogens with zero attached hydrogens (tertiary/aromatic N) is 2. The van der Waals surface area contributed by atoms with Crippen LogP contribution in [0.2, 0.25) is 0 Å². The van der Waals surface area contributed by atoms with E-state index in [1.54, 1.807) is 24.3 Å². The second-order valence-electron chi connectivity index (χ2n) is 4.48. The van der Waals surface area contributed by atoms with Crippen molar-refractivity contribution in [3.05, 3.63) is 30.2 Å². The van der Waals surface area contributed by atoms with Gasteiger partial charge in [0.1, 0.15) is 5.75 Å². The van der Waals surface area contributed by atoms with Crippen LogP contribution in [0.5, 0.6) is 5.75 Å². The lowest BCUT2D eigenvalue weighted by molar-refractivity contribution is 0.354. The van der Waals surface area contributed by atoms with E-state index in [4.69, 9.17) is 4.52 Å². The maximum absolute atomic E-state index is 9.22. The van der Waals surface area contributed by atoms with Crippen LogP contribution >= 0.6 is 0 Å². The Bertz CT molecular complexity index is 498. The summed E-state index contributed by atoms with van der Waals surface area (Å²) in [6, 6.07) is 6.83. The highest BCUT2D eigenvalue weighted by Crippen LogP contribution is 2.33. The van der Waals surface area contributed by atoms with Gasteiger partial charge in [0.05, 0.1) is 0 Å². The number of rotatable bonds is 2. The van der Waals surface area contributed by atoms with Crippen molar-refractivity contribution in [1.82, 2.24) is 10.1 Å². The van der Waals surface area contributed by atoms with E-state index in [9.17, 15) is 5.11 Å². The lowest BCUT2D eigenvalue weighted by atomic mass is 10.1. The maximum Gasteiger partial charge on any atom is 0.230 e. The predicted molar refractivity (Wildman–Crippen MR) is 62.6 cm³/mol. The summed E-state index contributed by atoms with van der Waals surface area (Å²) in [6.45, 7) is 0. The fourth-order valence-corrected chi connectivity index (χ4v) is 2.30. The average Bonchev–Trinajstić information content (AvgIpc) is 3.00. The van der Waals surface area contributed by atoms with E-state index in [0.29, 0.717) is 11.7 Å². The van der Waals surface area contributed by atoms with Gasteiger partial charge < -0.3 is 9.63 Å². The molecule has 0 radical (unpaired) electrons. The highest BCUT2D eigenvalue weighted by atomic mass is 16.5. The standard InChI is InChI=1S/C13H14N2O2/c16-11-7-5-9(6-8-11)12-14-13(17-15-12)10-3-1-2-4-10/h5-8,10,16H,1-4H2. The molecular formula is C13H14N2O2. The smallest absolute Gasteiger partial charge is 0.230 e. The van der Waals surface area contributed by atoms with Crippen molar-refractivity contribution >= 4 is 0 Å². The molecule has 1 saturated carbocycles. The van der Waals surface area contributed by atoms with Crippen molar-refractivity contribution in [2.45, 2.75) is 31.6 Å². The normalized spacial score (nSPS) is 16.5. The van der Waals surface area contributed by atoms with Gasteiger partial charge in [-0.3, -0.25) is 0 Å². The molecule has 1 aliphatic rings. The first-order valence-corrected chi connectivity index (χ1v) is 5.96. The topological polar surface area (TPSA) is 59.2 Å². The first kappa shape index (κ1) is 10.3. The molecule has 0 amide bonds. The Morgan fingerprint density at radius 3 is 2.53 bits per heavy atom. The van der Waals surface area contributed by atoms with Gasteiger partial charge in [0, 0.05) is 11.5 Å². The summed E-state index contributed by atoms with van der Waals surface area (Å²) >= 11 is 0. The second kappa shape index (κ2) is 4.20. The Balaban J connectivity index is 1.86. The molecule has 2 aromatic rings. The highest BCUT2D eigenvalue weighted by Gasteiger charge is 2.23. The lowest BCUT2D eigenvalue weighted by Gasteiger charge is -1.99. The number of benzene rings is 1. The molecule has 1 aromatic carbocycles. The van der Waals surface area contributed by atoms with Crippen LogP contribution in [0, 0.1) is 0 Å². The summed E-state index contributed by atoms with van der Waals surface area (Å²) in [5.74, 6) is 2.04. The van der Waals surface area contributed by atoms with Crippen LogP contribution in [-0.4, -0.2) is 15.2 Å². The summed E-state index contributed by atoms with van der Waals surface area (Å²) in [4.78, 5) is 4.43. The average molecular weight is 230 g/mol. The molecule has 17 heavy (non-hydrogen) atoms. The van der Waals surface area contributed by atoms with Gasteiger partial charge in [-0.2, -0.15) is 4.98 Å². The zero-order valence-corrected chi connectivity index (χ0v) is 9.47. The van der Waals surface area contributed by atoms with Crippen LogP contribution in [0.25, 0.3) is 11.4 Å². The molecule has 1 N–H and O–H groups in total. The molecule has 0 saturated heterocycles. The predicted octanol–water partition coefficient (Wildman–Crippen LogP) is 3.10. The summed E-state index contributed by atoms with van der Waals surface area (Å²) in [6.07, 6.45) is 4.80. The number of hydrogen-bond acceptors (Lipinski definition) is 4. The van der Waals surface area contributed by atoms with E-state index in [1.807, 2.05) is 0 Å². The third-order valence-corrected chi connectivity index (χ3v) is 3.27. The largest absolute Gasteiger partial charge is 0.508 e. The fourth-order valence-electron chi connectivity index (χ4n) is 2.30. The van der Waals surface area contributed by atoms with Gasteiger partial charge in [-0.25, -0.2) is 0 Å². The first-order valence-electron chi connectivity index (χ1n) is 5.96. The molecule has 4 nitrogen and oxygen atoms in total. The van der Waals surface area contributed by atoms with Gasteiger partial charge in [-0.05, 0) is 37.1 Å². The minimum atomic E-state index is 0.244. The molecule has 0 spiro atoms. The number of phenols is 1. The Hall–Kier alpha value is -1.84. The SMILES string of the molecule is Oc1ccc(-c2noc(C3CCCC3)n2)cc1. The van der Waals surface area contributed by atoms with Gasteiger partial charge in [0.25, 0.3) is 0 Å². The molecule has 0 unspecified atom stereocenters. The number of aromatic nitrogens is 2. The van der Waals surface area contributed by atoms with Crippen molar-refractivity contribution in [2.75, 3.05) is 0 Å². The van der Waals surface area contributed by atoms with Gasteiger partial charge in [0.15, 0.2) is 0 Å². The van der Waals surface area contributed by atoms with E-state index in [1.165, 1.54) is 12.8 Å². The van der Waals surface area contributed by atoms with Crippen LogP contribution in [0.3, 0.4) is 0 Å². The van der Waals surface area contributed by atoms with Crippen LogP contribution < -0.4 is 0 Å². The maximum atomic E-state index is 9.22. The Kier molecular flexibility index (Phi) is 2.55. The minimum Gasteiger partial charge on any atom is -0.508 e. The zero-order valence-electron chi connectivity index (χ0n) is 9.47. The van der Waals surface area contributed by atoms with Crippen LogP contribution in [0.4, 0.5) is 0 Å². The van der Waals surface area contributed by atoms with Gasteiger partial charge in [0.2, 0.25) is 11.7 Å². The Morgan fingerprint density at radius 2 is 1.82 bits per heavy atom. The molecule has 1 aromatic heterocycles. The summed E-state index contributed by atoms with van der Waals surface area (Å²) in [5, 5.41) is 13.2. The van der Waals surface area contributed by atoms with Crippen molar-refractivity contribution < 1.29 is 9.63 Å². The van der Waals surface area contributed by atoms with E-state index >= 15 is 0 Å². The van der Waals surface area contributed by atoms with Crippen molar-refractivity contribution in [1.29, 1.82) is 0 Å². The van der Waals surface area contributed by atoms with E-state index in [-0.39, 0.29) is 5.75 Å². The molecular weight excluding hydrogens is 216 g/mol. The van der Waals surface area contributed by atoms with E-state index in [0.717, 1.165) is 24.3 Å². The minimum absolute atomic E-state index is 0.244. The van der Waals surface area contributed by atoms with E-state index < -0.39 is 0 Å². The molecule has 4 heteroatoms. The molecule has 0 aliphatic heterocycles. The molecule has 3 rings (SSSR count). The van der Waals surface area contributed by atoms with Crippen LogP contribution in [-0.2, 0) is 0 Å². The number of phenolic OH excluding ortho intramolecular Hbond substituents is 1. The van der Waals surface area contributed by atoms with Gasteiger partial charge >= 0.3 is 0 Å². The van der Waals surface area contributed by atoms with Crippen LogP contribution in [0.1, 0.15) is 37.5 Å². The van der Waals surface area contributed by atoms with Crippen molar-refractivity contribution in [3.8, 4) is 17.1 Å². The number of hydrogen-bond donors (Lipinski definition) is 1. The first-order chi connectivity index (χ1) is 8.33. The zero-order chi connectivity index (χ0) is 11.7. The summed E-state index contributed by atoms with van der Waals surface area (Å²) < 4.78 is 5.31.